The lowest BCUT2D eigenvalue weighted by Crippen LogP contribution is -2.12. The van der Waals surface area contributed by atoms with Crippen LogP contribution in [0.1, 0.15) is 56.8 Å². The van der Waals surface area contributed by atoms with E-state index in [2.05, 4.69) is 6.92 Å². The molecule has 1 heterocycles. The second kappa shape index (κ2) is 7.91. The van der Waals surface area contributed by atoms with Gasteiger partial charge in [-0.15, -0.1) is 0 Å². The van der Waals surface area contributed by atoms with E-state index in [1.165, 1.54) is 12.8 Å². The number of unbranched alkanes of at least 4 members (excludes halogenated alkanes) is 1. The van der Waals surface area contributed by atoms with Crippen LogP contribution in [-0.2, 0) is 0 Å². The lowest BCUT2D eigenvalue weighted by atomic mass is 9.95. The summed E-state index contributed by atoms with van der Waals surface area (Å²) in [5.41, 5.74) is 0.751. The number of fused-ring (bicyclic) bond motifs is 1. The van der Waals surface area contributed by atoms with Gasteiger partial charge >= 0.3 is 0 Å². The van der Waals surface area contributed by atoms with Crippen LogP contribution in [0.4, 0.5) is 0 Å². The molecular weight excluding hydrogens is 224 g/mol. The number of ether oxygens (including phenoxy) is 1. The summed E-state index contributed by atoms with van der Waals surface area (Å²) in [5, 5.41) is 0. The lowest BCUT2D eigenvalue weighted by molar-refractivity contribution is 0.0958. The number of carbonyl (C=O) groups excluding carboxylic acids is 1. The first-order chi connectivity index (χ1) is 8.81. The quantitative estimate of drug-likeness (QED) is 0.788. The molecule has 1 aromatic carbocycles. The third-order valence-corrected chi connectivity index (χ3v) is 3.10. The molecule has 0 radical (unpaired) electrons. The molecule has 18 heavy (non-hydrogen) atoms. The van der Waals surface area contributed by atoms with Gasteiger partial charge in [-0.1, -0.05) is 45.7 Å². The molecule has 1 atom stereocenters. The van der Waals surface area contributed by atoms with Crippen LogP contribution in [0.15, 0.2) is 24.3 Å². The number of rotatable bonds is 3. The summed E-state index contributed by atoms with van der Waals surface area (Å²) in [7, 11) is 0. The molecular formula is C16H24O2. The molecule has 0 amide bonds. The van der Waals surface area contributed by atoms with Gasteiger partial charge in [0.05, 0.1) is 12.2 Å². The van der Waals surface area contributed by atoms with Crippen LogP contribution in [0.3, 0.4) is 0 Å². The van der Waals surface area contributed by atoms with Gasteiger partial charge in [-0.25, -0.2) is 0 Å². The molecule has 1 aliphatic rings. The number of para-hydroxylation sites is 1. The van der Waals surface area contributed by atoms with E-state index in [-0.39, 0.29) is 5.78 Å². The minimum absolute atomic E-state index is 0.231. The average molecular weight is 248 g/mol. The highest BCUT2D eigenvalue weighted by Crippen LogP contribution is 2.27. The maximum Gasteiger partial charge on any atom is 0.167 e. The van der Waals surface area contributed by atoms with Crippen molar-refractivity contribution >= 4 is 5.78 Å². The van der Waals surface area contributed by atoms with E-state index in [4.69, 9.17) is 4.74 Å². The summed E-state index contributed by atoms with van der Waals surface area (Å²) in [5.74, 6) is 1.38. The highest BCUT2D eigenvalue weighted by atomic mass is 16.5. The van der Waals surface area contributed by atoms with Crippen molar-refractivity contribution < 1.29 is 9.53 Å². The predicted molar refractivity (Wildman–Crippen MR) is 75.2 cm³/mol. The molecule has 0 N–H and O–H groups in total. The maximum absolute atomic E-state index is 12.0. The molecule has 0 aromatic heterocycles. The number of benzene rings is 1. The van der Waals surface area contributed by atoms with Crippen molar-refractivity contribution in [3.63, 3.8) is 0 Å². The summed E-state index contributed by atoms with van der Waals surface area (Å²) >= 11 is 0. The second-order valence-corrected chi connectivity index (χ2v) is 4.44. The largest absolute Gasteiger partial charge is 0.493 e. The number of Topliss-reactive ketones (excluding diaryl/α,β-unsaturated/α-hetero) is 1. The van der Waals surface area contributed by atoms with E-state index in [1.54, 1.807) is 0 Å². The molecule has 0 saturated heterocycles. The first-order valence-electron chi connectivity index (χ1n) is 7.06. The van der Waals surface area contributed by atoms with Crippen LogP contribution in [0.25, 0.3) is 0 Å². The first-order valence-corrected chi connectivity index (χ1v) is 7.06. The Morgan fingerprint density at radius 1 is 1.28 bits per heavy atom. The van der Waals surface area contributed by atoms with Crippen LogP contribution in [0.5, 0.6) is 5.75 Å². The summed E-state index contributed by atoms with van der Waals surface area (Å²) < 4.78 is 5.71. The molecule has 2 rings (SSSR count). The van der Waals surface area contributed by atoms with E-state index in [0.717, 1.165) is 17.7 Å². The Bertz CT molecular complexity index is 371. The van der Waals surface area contributed by atoms with E-state index < -0.39 is 0 Å². The highest BCUT2D eigenvalue weighted by Gasteiger charge is 2.22. The minimum Gasteiger partial charge on any atom is -0.493 e. The Kier molecular flexibility index (Phi) is 6.48. The van der Waals surface area contributed by atoms with Gasteiger partial charge in [0.2, 0.25) is 0 Å². The van der Waals surface area contributed by atoms with Crippen molar-refractivity contribution in [1.29, 1.82) is 0 Å². The third-order valence-electron chi connectivity index (χ3n) is 3.10. The van der Waals surface area contributed by atoms with E-state index >= 15 is 0 Å². The minimum atomic E-state index is 0.231. The number of carbonyl (C=O) groups is 1. The van der Waals surface area contributed by atoms with Gasteiger partial charge in [0.25, 0.3) is 0 Å². The van der Waals surface area contributed by atoms with Gasteiger partial charge < -0.3 is 4.74 Å². The summed E-state index contributed by atoms with van der Waals surface area (Å²) in [6.45, 7) is 6.86. The molecule has 0 aliphatic carbocycles. The van der Waals surface area contributed by atoms with Gasteiger partial charge in [0.15, 0.2) is 5.78 Å². The van der Waals surface area contributed by atoms with Gasteiger partial charge in [-0.05, 0) is 18.6 Å². The zero-order chi connectivity index (χ0) is 13.4. The molecule has 2 heteroatoms. The average Bonchev–Trinajstić information content (AvgIpc) is 2.59. The fourth-order valence-electron chi connectivity index (χ4n) is 2.14. The van der Waals surface area contributed by atoms with E-state index in [9.17, 15) is 4.79 Å². The lowest BCUT2D eigenvalue weighted by Gasteiger charge is -2.12. The Morgan fingerprint density at radius 3 is 2.72 bits per heavy atom. The van der Waals surface area contributed by atoms with E-state index in [0.29, 0.717) is 18.9 Å². The van der Waals surface area contributed by atoms with Crippen LogP contribution in [0, 0.1) is 5.92 Å². The monoisotopic (exact) mass is 248 g/mol. The summed E-state index contributed by atoms with van der Waals surface area (Å²) in [6, 6.07) is 7.56. The number of ketones is 1. The summed E-state index contributed by atoms with van der Waals surface area (Å²) in [6.07, 6.45) is 4.09. The molecule has 0 saturated carbocycles. The first kappa shape index (κ1) is 14.7. The predicted octanol–water partition coefficient (Wildman–Crippen LogP) is 4.48. The van der Waals surface area contributed by atoms with Crippen LogP contribution < -0.4 is 4.74 Å². The molecule has 100 valence electrons. The van der Waals surface area contributed by atoms with Gasteiger partial charge in [0, 0.05) is 12.3 Å². The van der Waals surface area contributed by atoms with Crippen molar-refractivity contribution in [1.82, 2.24) is 0 Å². The fraction of sp³-hybridized carbons (Fsp3) is 0.562. The SMILES string of the molecule is CC.CCCCC1COc2ccccc2C(=O)C1. The highest BCUT2D eigenvalue weighted by molar-refractivity contribution is 5.99. The fourth-order valence-corrected chi connectivity index (χ4v) is 2.14. The second-order valence-electron chi connectivity index (χ2n) is 4.44. The molecule has 2 nitrogen and oxygen atoms in total. The smallest absolute Gasteiger partial charge is 0.167 e. The van der Waals surface area contributed by atoms with Crippen LogP contribution in [-0.4, -0.2) is 12.4 Å². The number of hydrogen-bond donors (Lipinski definition) is 0. The molecule has 1 unspecified atom stereocenters. The van der Waals surface area contributed by atoms with Crippen molar-refractivity contribution in [2.45, 2.75) is 46.5 Å². The third kappa shape index (κ3) is 3.86. The zero-order valence-electron chi connectivity index (χ0n) is 11.7. The van der Waals surface area contributed by atoms with Crippen LogP contribution >= 0.6 is 0 Å². The van der Waals surface area contributed by atoms with Crippen LogP contribution in [0.2, 0.25) is 0 Å². The molecule has 0 bridgehead atoms. The Hall–Kier alpha value is -1.31. The van der Waals surface area contributed by atoms with Gasteiger partial charge in [-0.2, -0.15) is 0 Å². The normalized spacial score (nSPS) is 17.9. The van der Waals surface area contributed by atoms with Crippen molar-refractivity contribution in [3.8, 4) is 5.75 Å². The standard InChI is InChI=1S/C14H18O2.C2H6/c1-2-3-6-11-9-13(15)12-7-4-5-8-14(12)16-10-11;1-2/h4-5,7-8,11H,2-3,6,9-10H2,1H3;1-2H3. The van der Waals surface area contributed by atoms with E-state index in [1.807, 2.05) is 38.1 Å². The molecule has 0 fully saturated rings. The van der Waals surface area contributed by atoms with Gasteiger partial charge in [-0.3, -0.25) is 4.79 Å². The Morgan fingerprint density at radius 2 is 2.00 bits per heavy atom. The number of hydrogen-bond acceptors (Lipinski definition) is 2. The Labute approximate surface area is 110 Å². The topological polar surface area (TPSA) is 26.3 Å². The van der Waals surface area contributed by atoms with Crippen molar-refractivity contribution in [3.05, 3.63) is 29.8 Å². The molecule has 0 spiro atoms. The zero-order valence-corrected chi connectivity index (χ0v) is 11.7. The maximum atomic E-state index is 12.0. The van der Waals surface area contributed by atoms with Gasteiger partial charge in [0.1, 0.15) is 5.75 Å². The summed E-state index contributed by atoms with van der Waals surface area (Å²) in [4.78, 5) is 12.0. The van der Waals surface area contributed by atoms with Crippen molar-refractivity contribution in [2.24, 2.45) is 5.92 Å². The molecule has 1 aliphatic heterocycles. The molecule has 1 aromatic rings. The van der Waals surface area contributed by atoms with Crippen molar-refractivity contribution in [2.75, 3.05) is 6.61 Å². The Balaban J connectivity index is 0.000000771.